The predicted molar refractivity (Wildman–Crippen MR) is 91.4 cm³/mol. The van der Waals surface area contributed by atoms with Crippen molar-refractivity contribution in [1.82, 2.24) is 15.1 Å². The molecule has 0 saturated heterocycles. The Bertz CT molecular complexity index is 214. The minimum absolute atomic E-state index is 0.646. The van der Waals surface area contributed by atoms with Crippen LogP contribution >= 0.6 is 0 Å². The van der Waals surface area contributed by atoms with Crippen molar-refractivity contribution >= 4 is 0 Å². The van der Waals surface area contributed by atoms with Gasteiger partial charge in [0, 0.05) is 38.8 Å². The van der Waals surface area contributed by atoms with Crippen molar-refractivity contribution < 1.29 is 0 Å². The third-order valence-corrected chi connectivity index (χ3v) is 3.58. The van der Waals surface area contributed by atoms with Gasteiger partial charge in [0.05, 0.1) is 0 Å². The molecule has 1 atom stereocenters. The molecule has 20 heavy (non-hydrogen) atoms. The molecule has 0 aliphatic carbocycles. The summed E-state index contributed by atoms with van der Waals surface area (Å²) in [6.45, 7) is 17.3. The molecule has 0 aliphatic rings. The van der Waals surface area contributed by atoms with Crippen LogP contribution in [0, 0.1) is 11.8 Å². The summed E-state index contributed by atoms with van der Waals surface area (Å²) in [6.07, 6.45) is 2.62. The second kappa shape index (κ2) is 11.5. The maximum Gasteiger partial charge on any atom is 0.0110 e. The highest BCUT2D eigenvalue weighted by atomic mass is 15.2. The Labute approximate surface area is 128 Å². The Morgan fingerprint density at radius 2 is 1.45 bits per heavy atom. The van der Waals surface area contributed by atoms with Crippen LogP contribution in [0.3, 0.4) is 0 Å². The largest absolute Gasteiger partial charge is 0.313 e. The SMILES string of the molecule is CC(C)CCC(C)NCCN(CCN(C)C)CC(C)C. The first-order chi connectivity index (χ1) is 9.31. The first kappa shape index (κ1) is 19.9. The van der Waals surface area contributed by atoms with E-state index in [1.165, 1.54) is 25.9 Å². The third-order valence-electron chi connectivity index (χ3n) is 3.58. The van der Waals surface area contributed by atoms with E-state index in [1.807, 2.05) is 0 Å². The summed E-state index contributed by atoms with van der Waals surface area (Å²) in [5, 5.41) is 3.67. The van der Waals surface area contributed by atoms with Crippen LogP contribution in [-0.4, -0.2) is 62.7 Å². The van der Waals surface area contributed by atoms with E-state index in [9.17, 15) is 0 Å². The molecule has 0 aromatic heterocycles. The monoisotopic (exact) mass is 285 g/mol. The molecule has 0 aromatic carbocycles. The number of nitrogens with zero attached hydrogens (tertiary/aromatic N) is 2. The van der Waals surface area contributed by atoms with Gasteiger partial charge >= 0.3 is 0 Å². The Morgan fingerprint density at radius 1 is 0.800 bits per heavy atom. The molecule has 0 amide bonds. The fourth-order valence-electron chi connectivity index (χ4n) is 2.31. The minimum atomic E-state index is 0.646. The lowest BCUT2D eigenvalue weighted by Gasteiger charge is -2.26. The van der Waals surface area contributed by atoms with Gasteiger partial charge < -0.3 is 15.1 Å². The first-order valence-corrected chi connectivity index (χ1v) is 8.41. The number of hydrogen-bond donors (Lipinski definition) is 1. The van der Waals surface area contributed by atoms with Crippen molar-refractivity contribution in [2.75, 3.05) is 46.8 Å². The average Bonchev–Trinajstić information content (AvgIpc) is 2.32. The molecule has 0 saturated carbocycles. The lowest BCUT2D eigenvalue weighted by molar-refractivity contribution is 0.216. The van der Waals surface area contributed by atoms with Gasteiger partial charge in [-0.05, 0) is 45.7 Å². The van der Waals surface area contributed by atoms with Crippen molar-refractivity contribution in [1.29, 1.82) is 0 Å². The van der Waals surface area contributed by atoms with Crippen LogP contribution < -0.4 is 5.32 Å². The van der Waals surface area contributed by atoms with Gasteiger partial charge in [-0.3, -0.25) is 0 Å². The van der Waals surface area contributed by atoms with Crippen molar-refractivity contribution in [3.8, 4) is 0 Å². The lowest BCUT2D eigenvalue weighted by atomic mass is 10.0. The molecule has 0 aromatic rings. The molecule has 1 N–H and O–H groups in total. The van der Waals surface area contributed by atoms with Crippen LogP contribution in [0.15, 0.2) is 0 Å². The summed E-state index contributed by atoms with van der Waals surface area (Å²) < 4.78 is 0. The van der Waals surface area contributed by atoms with Gasteiger partial charge in [-0.2, -0.15) is 0 Å². The standard InChI is InChI=1S/C17H39N3/c1-15(2)8-9-17(5)18-10-11-20(14-16(3)4)13-12-19(6)7/h15-18H,8-14H2,1-7H3. The summed E-state index contributed by atoms with van der Waals surface area (Å²) in [6, 6.07) is 0.646. The van der Waals surface area contributed by atoms with Gasteiger partial charge in [0.2, 0.25) is 0 Å². The van der Waals surface area contributed by atoms with Crippen LogP contribution in [0.25, 0.3) is 0 Å². The van der Waals surface area contributed by atoms with Crippen LogP contribution in [0.5, 0.6) is 0 Å². The molecular weight excluding hydrogens is 246 g/mol. The number of likely N-dealkylation sites (N-methyl/N-ethyl adjacent to an activating group) is 1. The maximum atomic E-state index is 3.67. The summed E-state index contributed by atoms with van der Waals surface area (Å²) in [4.78, 5) is 4.86. The quantitative estimate of drug-likeness (QED) is 0.595. The third kappa shape index (κ3) is 12.9. The molecule has 1 unspecified atom stereocenters. The minimum Gasteiger partial charge on any atom is -0.313 e. The van der Waals surface area contributed by atoms with E-state index in [1.54, 1.807) is 0 Å². The molecule has 0 radical (unpaired) electrons. The first-order valence-electron chi connectivity index (χ1n) is 8.41. The highest BCUT2D eigenvalue weighted by molar-refractivity contribution is 4.67. The van der Waals surface area contributed by atoms with E-state index in [-0.39, 0.29) is 0 Å². The zero-order valence-corrected chi connectivity index (χ0v) is 15.1. The summed E-state index contributed by atoms with van der Waals surface area (Å²) in [7, 11) is 4.31. The molecule has 0 bridgehead atoms. The molecule has 3 nitrogen and oxygen atoms in total. The van der Waals surface area contributed by atoms with Crippen molar-refractivity contribution in [3.63, 3.8) is 0 Å². The fraction of sp³-hybridized carbons (Fsp3) is 1.00. The Hall–Kier alpha value is -0.120. The number of nitrogens with one attached hydrogen (secondary N) is 1. The fourth-order valence-corrected chi connectivity index (χ4v) is 2.31. The molecule has 0 spiro atoms. The van der Waals surface area contributed by atoms with Crippen molar-refractivity contribution in [3.05, 3.63) is 0 Å². The zero-order chi connectivity index (χ0) is 15.5. The van der Waals surface area contributed by atoms with E-state index < -0.39 is 0 Å². The van der Waals surface area contributed by atoms with Crippen molar-refractivity contribution in [2.24, 2.45) is 11.8 Å². The molecule has 122 valence electrons. The van der Waals surface area contributed by atoms with Crippen LogP contribution in [-0.2, 0) is 0 Å². The topological polar surface area (TPSA) is 18.5 Å². The molecule has 0 aliphatic heterocycles. The van der Waals surface area contributed by atoms with E-state index in [0.29, 0.717) is 6.04 Å². The van der Waals surface area contributed by atoms with Crippen LogP contribution in [0.1, 0.15) is 47.5 Å². The zero-order valence-electron chi connectivity index (χ0n) is 15.1. The highest BCUT2D eigenvalue weighted by Gasteiger charge is 2.09. The van der Waals surface area contributed by atoms with Crippen molar-refractivity contribution in [2.45, 2.75) is 53.5 Å². The Kier molecular flexibility index (Phi) is 11.5. The Morgan fingerprint density at radius 3 is 1.95 bits per heavy atom. The van der Waals surface area contributed by atoms with Gasteiger partial charge in [0.15, 0.2) is 0 Å². The molecule has 3 heteroatoms. The van der Waals surface area contributed by atoms with E-state index >= 15 is 0 Å². The second-order valence-electron chi connectivity index (χ2n) is 7.32. The summed E-state index contributed by atoms with van der Waals surface area (Å²) in [5.41, 5.74) is 0. The predicted octanol–water partition coefficient (Wildman–Crippen LogP) is 2.92. The van der Waals surface area contributed by atoms with Gasteiger partial charge in [-0.1, -0.05) is 27.7 Å². The summed E-state index contributed by atoms with van der Waals surface area (Å²) >= 11 is 0. The second-order valence-corrected chi connectivity index (χ2v) is 7.32. The lowest BCUT2D eigenvalue weighted by Crippen LogP contribution is -2.40. The van der Waals surface area contributed by atoms with Gasteiger partial charge in [-0.15, -0.1) is 0 Å². The van der Waals surface area contributed by atoms with Gasteiger partial charge in [0.25, 0.3) is 0 Å². The molecular formula is C17H39N3. The van der Waals surface area contributed by atoms with Crippen LogP contribution in [0.2, 0.25) is 0 Å². The molecule has 0 fully saturated rings. The maximum absolute atomic E-state index is 3.67. The van der Waals surface area contributed by atoms with E-state index in [4.69, 9.17) is 0 Å². The van der Waals surface area contributed by atoms with Gasteiger partial charge in [0.1, 0.15) is 0 Å². The van der Waals surface area contributed by atoms with E-state index in [0.717, 1.165) is 31.5 Å². The summed E-state index contributed by atoms with van der Waals surface area (Å²) in [5.74, 6) is 1.56. The van der Waals surface area contributed by atoms with E-state index in [2.05, 4.69) is 63.8 Å². The number of hydrogen-bond acceptors (Lipinski definition) is 3. The van der Waals surface area contributed by atoms with Gasteiger partial charge in [-0.25, -0.2) is 0 Å². The smallest absolute Gasteiger partial charge is 0.0110 e. The number of rotatable bonds is 12. The highest BCUT2D eigenvalue weighted by Crippen LogP contribution is 2.06. The molecule has 0 rings (SSSR count). The van der Waals surface area contributed by atoms with Crippen LogP contribution in [0.4, 0.5) is 0 Å². The average molecular weight is 286 g/mol. The molecule has 0 heterocycles. The normalized spacial score (nSPS) is 13.9. The Balaban J connectivity index is 3.87.